The van der Waals surface area contributed by atoms with Crippen molar-refractivity contribution in [2.24, 2.45) is 5.84 Å². The maximum atomic E-state index is 14.0. The van der Waals surface area contributed by atoms with E-state index >= 15 is 0 Å². The average Bonchev–Trinajstić information content (AvgIpc) is 2.46. The first-order chi connectivity index (χ1) is 9.93. The lowest BCUT2D eigenvalue weighted by atomic mass is 9.98. The summed E-state index contributed by atoms with van der Waals surface area (Å²) in [5, 5.41) is 0.307. The largest absolute Gasteiger partial charge is 0.271 e. The number of hydrogen-bond donors (Lipinski definition) is 2. The summed E-state index contributed by atoms with van der Waals surface area (Å²) in [6.45, 7) is 0. The summed E-state index contributed by atoms with van der Waals surface area (Å²) >= 11 is 8.80. The Hall–Kier alpha value is -1.08. The van der Waals surface area contributed by atoms with Crippen LogP contribution in [0.25, 0.3) is 0 Å². The summed E-state index contributed by atoms with van der Waals surface area (Å²) < 4.78 is 41.7. The minimum Gasteiger partial charge on any atom is -0.271 e. The average molecular weight is 380 g/mol. The molecular formula is C14H11BrClF3N2. The molecule has 0 aliphatic rings. The van der Waals surface area contributed by atoms with E-state index in [1.807, 2.05) is 0 Å². The van der Waals surface area contributed by atoms with E-state index in [9.17, 15) is 13.2 Å². The van der Waals surface area contributed by atoms with Crippen molar-refractivity contribution in [3.63, 3.8) is 0 Å². The second-order valence-electron chi connectivity index (χ2n) is 4.41. The highest BCUT2D eigenvalue weighted by Gasteiger charge is 2.21. The van der Waals surface area contributed by atoms with Crippen LogP contribution in [0.3, 0.4) is 0 Å². The van der Waals surface area contributed by atoms with Gasteiger partial charge in [-0.2, -0.15) is 0 Å². The smallest absolute Gasteiger partial charge is 0.143 e. The lowest BCUT2D eigenvalue weighted by Crippen LogP contribution is -2.30. The molecule has 2 aromatic rings. The fourth-order valence-electron chi connectivity index (χ4n) is 2.00. The maximum absolute atomic E-state index is 14.0. The molecule has 0 bridgehead atoms. The van der Waals surface area contributed by atoms with Crippen molar-refractivity contribution in [2.75, 3.05) is 0 Å². The van der Waals surface area contributed by atoms with Crippen LogP contribution in [0.4, 0.5) is 13.2 Å². The minimum absolute atomic E-state index is 0.126. The highest BCUT2D eigenvalue weighted by Crippen LogP contribution is 2.28. The molecule has 7 heteroatoms. The monoisotopic (exact) mass is 378 g/mol. The zero-order chi connectivity index (χ0) is 15.6. The Balaban J connectivity index is 2.40. The van der Waals surface area contributed by atoms with Crippen molar-refractivity contribution in [3.8, 4) is 0 Å². The zero-order valence-electron chi connectivity index (χ0n) is 10.6. The third-order valence-electron chi connectivity index (χ3n) is 3.08. The molecule has 0 aliphatic heterocycles. The second-order valence-corrected chi connectivity index (χ2v) is 5.70. The minimum atomic E-state index is -0.818. The predicted octanol–water partition coefficient (Wildman–Crippen LogP) is 4.27. The number of rotatable bonds is 4. The van der Waals surface area contributed by atoms with Gasteiger partial charge < -0.3 is 0 Å². The fourth-order valence-corrected chi connectivity index (χ4v) is 2.55. The van der Waals surface area contributed by atoms with Crippen molar-refractivity contribution in [3.05, 3.63) is 68.4 Å². The SMILES string of the molecule is NNC(Cc1c(F)ccc(Br)c1F)c1cc(Cl)ccc1F. The maximum Gasteiger partial charge on any atom is 0.143 e. The van der Waals surface area contributed by atoms with Crippen LogP contribution in [0.15, 0.2) is 34.8 Å². The van der Waals surface area contributed by atoms with Crippen molar-refractivity contribution in [1.82, 2.24) is 5.43 Å². The fraction of sp³-hybridized carbons (Fsp3) is 0.143. The molecule has 2 aromatic carbocycles. The van der Waals surface area contributed by atoms with Gasteiger partial charge in [-0.05, 0) is 52.7 Å². The van der Waals surface area contributed by atoms with Crippen LogP contribution in [0.5, 0.6) is 0 Å². The van der Waals surface area contributed by atoms with Crippen LogP contribution in [-0.4, -0.2) is 0 Å². The molecule has 21 heavy (non-hydrogen) atoms. The third-order valence-corrected chi connectivity index (χ3v) is 3.93. The standard InChI is InChI=1S/C14H11BrClF3N2/c15-10-2-4-12(18)9(14(10)19)6-13(21-20)8-5-7(16)1-3-11(8)17/h1-5,13,21H,6,20H2. The van der Waals surface area contributed by atoms with Crippen molar-refractivity contribution in [2.45, 2.75) is 12.5 Å². The van der Waals surface area contributed by atoms with Gasteiger partial charge in [0.1, 0.15) is 17.5 Å². The highest BCUT2D eigenvalue weighted by atomic mass is 79.9. The van der Waals surface area contributed by atoms with Crippen LogP contribution >= 0.6 is 27.5 Å². The summed E-state index contributed by atoms with van der Waals surface area (Å²) in [4.78, 5) is 0. The Labute approximate surface area is 133 Å². The van der Waals surface area contributed by atoms with Crippen LogP contribution in [-0.2, 0) is 6.42 Å². The van der Waals surface area contributed by atoms with Gasteiger partial charge in [-0.3, -0.25) is 11.3 Å². The van der Waals surface area contributed by atoms with E-state index in [1.165, 1.54) is 24.3 Å². The lowest BCUT2D eigenvalue weighted by molar-refractivity contribution is 0.479. The van der Waals surface area contributed by atoms with Gasteiger partial charge in [-0.25, -0.2) is 13.2 Å². The van der Waals surface area contributed by atoms with E-state index in [1.54, 1.807) is 0 Å². The molecular weight excluding hydrogens is 369 g/mol. The van der Waals surface area contributed by atoms with Gasteiger partial charge >= 0.3 is 0 Å². The molecule has 3 N–H and O–H groups in total. The Morgan fingerprint density at radius 2 is 1.81 bits per heavy atom. The summed E-state index contributed by atoms with van der Waals surface area (Å²) in [6.07, 6.45) is -0.162. The van der Waals surface area contributed by atoms with Gasteiger partial charge in [-0.1, -0.05) is 11.6 Å². The third kappa shape index (κ3) is 3.58. The molecule has 0 heterocycles. The van der Waals surface area contributed by atoms with E-state index in [0.717, 1.165) is 6.07 Å². The van der Waals surface area contributed by atoms with Crippen LogP contribution in [0.2, 0.25) is 5.02 Å². The predicted molar refractivity (Wildman–Crippen MR) is 79.2 cm³/mol. The van der Waals surface area contributed by atoms with E-state index < -0.39 is 23.5 Å². The highest BCUT2D eigenvalue weighted by molar-refractivity contribution is 9.10. The molecule has 2 rings (SSSR count). The van der Waals surface area contributed by atoms with E-state index in [2.05, 4.69) is 21.4 Å². The summed E-state index contributed by atoms with van der Waals surface area (Å²) in [7, 11) is 0. The van der Waals surface area contributed by atoms with Crippen molar-refractivity contribution in [1.29, 1.82) is 0 Å². The molecule has 0 saturated heterocycles. The first kappa shape index (κ1) is 16.3. The van der Waals surface area contributed by atoms with Crippen molar-refractivity contribution >= 4 is 27.5 Å². The quantitative estimate of drug-likeness (QED) is 0.473. The first-order valence-electron chi connectivity index (χ1n) is 5.97. The molecule has 0 amide bonds. The van der Waals surface area contributed by atoms with Gasteiger partial charge in [0.05, 0.1) is 10.5 Å². The molecule has 0 aromatic heterocycles. The molecule has 2 nitrogen and oxygen atoms in total. The summed E-state index contributed by atoms with van der Waals surface area (Å²) in [5.41, 5.74) is 2.32. The molecule has 112 valence electrons. The van der Waals surface area contributed by atoms with E-state index in [4.69, 9.17) is 17.4 Å². The molecule has 0 spiro atoms. The second kappa shape index (κ2) is 6.79. The van der Waals surface area contributed by atoms with Crippen LogP contribution in [0, 0.1) is 17.5 Å². The molecule has 1 unspecified atom stereocenters. The number of nitrogens with one attached hydrogen (secondary N) is 1. The lowest BCUT2D eigenvalue weighted by Gasteiger charge is -2.18. The molecule has 0 fully saturated rings. The van der Waals surface area contributed by atoms with E-state index in [0.29, 0.717) is 5.02 Å². The Kier molecular flexibility index (Phi) is 5.27. The number of halogens is 5. The topological polar surface area (TPSA) is 38.0 Å². The Morgan fingerprint density at radius 3 is 2.48 bits per heavy atom. The summed E-state index contributed by atoms with van der Waals surface area (Å²) in [5.74, 6) is 3.37. The van der Waals surface area contributed by atoms with Crippen LogP contribution < -0.4 is 11.3 Å². The van der Waals surface area contributed by atoms with E-state index in [-0.39, 0.29) is 22.0 Å². The number of hydrogen-bond acceptors (Lipinski definition) is 2. The number of benzene rings is 2. The van der Waals surface area contributed by atoms with Gasteiger partial charge in [-0.15, -0.1) is 0 Å². The number of nitrogens with two attached hydrogens (primary N) is 1. The Bertz CT molecular complexity index is 667. The molecule has 1 atom stereocenters. The van der Waals surface area contributed by atoms with Gasteiger partial charge in [0, 0.05) is 16.1 Å². The van der Waals surface area contributed by atoms with Gasteiger partial charge in [0.2, 0.25) is 0 Å². The Morgan fingerprint density at radius 1 is 1.14 bits per heavy atom. The normalized spacial score (nSPS) is 12.5. The van der Waals surface area contributed by atoms with Gasteiger partial charge in [0.15, 0.2) is 0 Å². The van der Waals surface area contributed by atoms with Gasteiger partial charge in [0.25, 0.3) is 0 Å². The molecule has 0 saturated carbocycles. The van der Waals surface area contributed by atoms with Crippen molar-refractivity contribution < 1.29 is 13.2 Å². The summed E-state index contributed by atoms with van der Waals surface area (Å²) in [6, 6.07) is 5.50. The molecule has 0 radical (unpaired) electrons. The number of hydrazine groups is 1. The van der Waals surface area contributed by atoms with Crippen LogP contribution in [0.1, 0.15) is 17.2 Å². The zero-order valence-corrected chi connectivity index (χ0v) is 13.0. The molecule has 0 aliphatic carbocycles. The first-order valence-corrected chi connectivity index (χ1v) is 7.14.